The zero-order valence-electron chi connectivity index (χ0n) is 15.8. The van der Waals surface area contributed by atoms with Crippen molar-refractivity contribution in [3.63, 3.8) is 0 Å². The summed E-state index contributed by atoms with van der Waals surface area (Å²) >= 11 is 5.98. The fraction of sp³-hybridized carbons (Fsp3) is 0.300. The Morgan fingerprint density at radius 1 is 1.11 bits per heavy atom. The summed E-state index contributed by atoms with van der Waals surface area (Å²) in [5, 5.41) is 3.40. The van der Waals surface area contributed by atoms with Gasteiger partial charge in [0.1, 0.15) is 11.5 Å². The maximum absolute atomic E-state index is 12.4. The summed E-state index contributed by atoms with van der Waals surface area (Å²) in [4.78, 5) is 26.0. The van der Waals surface area contributed by atoms with E-state index in [1.165, 1.54) is 14.0 Å². The van der Waals surface area contributed by atoms with Gasteiger partial charge in [-0.15, -0.1) is 0 Å². The molecular formula is C20H23ClN2O4. The van der Waals surface area contributed by atoms with Crippen LogP contribution in [0.5, 0.6) is 11.5 Å². The van der Waals surface area contributed by atoms with Crippen molar-refractivity contribution in [3.8, 4) is 11.5 Å². The highest BCUT2D eigenvalue weighted by Crippen LogP contribution is 2.29. The lowest BCUT2D eigenvalue weighted by atomic mass is 10.1. The normalized spacial score (nSPS) is 10.3. The van der Waals surface area contributed by atoms with Gasteiger partial charge >= 0.3 is 0 Å². The molecule has 0 aliphatic heterocycles. The van der Waals surface area contributed by atoms with Crippen LogP contribution in [0.3, 0.4) is 0 Å². The molecule has 2 amide bonds. The van der Waals surface area contributed by atoms with E-state index >= 15 is 0 Å². The van der Waals surface area contributed by atoms with Crippen LogP contribution in [0.15, 0.2) is 36.4 Å². The van der Waals surface area contributed by atoms with Crippen molar-refractivity contribution in [1.29, 1.82) is 0 Å². The second kappa shape index (κ2) is 9.28. The average Bonchev–Trinajstić information content (AvgIpc) is 2.63. The van der Waals surface area contributed by atoms with Crippen molar-refractivity contribution in [2.24, 2.45) is 0 Å². The highest BCUT2D eigenvalue weighted by atomic mass is 35.5. The molecule has 0 radical (unpaired) electrons. The molecule has 0 spiro atoms. The molecule has 2 aromatic carbocycles. The molecule has 2 rings (SSSR count). The predicted molar refractivity (Wildman–Crippen MR) is 107 cm³/mol. The van der Waals surface area contributed by atoms with Gasteiger partial charge < -0.3 is 19.7 Å². The number of carbonyl (C=O) groups excluding carboxylic acids is 2. The van der Waals surface area contributed by atoms with Crippen LogP contribution in [0.4, 0.5) is 11.4 Å². The van der Waals surface area contributed by atoms with E-state index in [0.717, 1.165) is 11.3 Å². The lowest BCUT2D eigenvalue weighted by Crippen LogP contribution is -2.32. The summed E-state index contributed by atoms with van der Waals surface area (Å²) in [6, 6.07) is 10.4. The number of hydrogen-bond donors (Lipinski definition) is 1. The highest BCUT2D eigenvalue weighted by Gasteiger charge is 2.16. The van der Waals surface area contributed by atoms with Gasteiger partial charge in [-0.05, 0) is 42.8 Å². The molecule has 0 aliphatic carbocycles. The number of anilines is 2. The summed E-state index contributed by atoms with van der Waals surface area (Å²) in [6.07, 6.45) is 0.136. The van der Waals surface area contributed by atoms with E-state index in [1.807, 2.05) is 6.92 Å². The van der Waals surface area contributed by atoms with Crippen molar-refractivity contribution in [1.82, 2.24) is 0 Å². The van der Waals surface area contributed by atoms with Crippen molar-refractivity contribution >= 4 is 34.8 Å². The Hall–Kier alpha value is -2.73. The number of carbonyl (C=O) groups is 2. The third kappa shape index (κ3) is 5.37. The number of rotatable bonds is 7. The first kappa shape index (κ1) is 20.6. The van der Waals surface area contributed by atoms with Crippen molar-refractivity contribution in [2.45, 2.75) is 20.3 Å². The minimum absolute atomic E-state index is 0.136. The number of aryl methyl sites for hydroxylation is 1. The Morgan fingerprint density at radius 3 is 2.44 bits per heavy atom. The molecule has 0 unspecified atom stereocenters. The van der Waals surface area contributed by atoms with Gasteiger partial charge in [-0.25, -0.2) is 0 Å². The van der Waals surface area contributed by atoms with Crippen LogP contribution >= 0.6 is 11.6 Å². The van der Waals surface area contributed by atoms with E-state index in [0.29, 0.717) is 22.2 Å². The molecule has 1 N–H and O–H groups in total. The van der Waals surface area contributed by atoms with Crippen molar-refractivity contribution < 1.29 is 19.1 Å². The summed E-state index contributed by atoms with van der Waals surface area (Å²) in [6.45, 7) is 3.60. The third-order valence-electron chi connectivity index (χ3n) is 4.07. The third-order valence-corrected chi connectivity index (χ3v) is 4.31. The molecule has 27 heavy (non-hydrogen) atoms. The maximum Gasteiger partial charge on any atom is 0.226 e. The van der Waals surface area contributed by atoms with E-state index < -0.39 is 0 Å². The number of nitrogens with zero attached hydrogens (tertiary/aromatic N) is 1. The van der Waals surface area contributed by atoms with Crippen LogP contribution in [0.1, 0.15) is 18.9 Å². The standard InChI is InChI=1S/C20H23ClN2O4/c1-13-11-15(21)5-8-18(13)23(14(2)24)10-9-20(25)22-17-7-6-16(26-3)12-19(17)27-4/h5-8,11-12H,9-10H2,1-4H3,(H,22,25). The fourth-order valence-electron chi connectivity index (χ4n) is 2.70. The molecule has 0 fully saturated rings. The van der Waals surface area contributed by atoms with Gasteiger partial charge in [0.15, 0.2) is 0 Å². The second-order valence-corrected chi connectivity index (χ2v) is 6.40. The highest BCUT2D eigenvalue weighted by molar-refractivity contribution is 6.30. The van der Waals surface area contributed by atoms with Crippen LogP contribution in [0.2, 0.25) is 5.02 Å². The minimum atomic E-state index is -0.226. The molecule has 0 aromatic heterocycles. The Bertz CT molecular complexity index is 839. The first-order valence-electron chi connectivity index (χ1n) is 8.42. The first-order valence-corrected chi connectivity index (χ1v) is 8.79. The molecule has 0 heterocycles. The Labute approximate surface area is 164 Å². The van der Waals surface area contributed by atoms with E-state index in [9.17, 15) is 9.59 Å². The molecule has 0 atom stereocenters. The van der Waals surface area contributed by atoms with Gasteiger partial charge in [-0.3, -0.25) is 9.59 Å². The van der Waals surface area contributed by atoms with Crippen LogP contribution < -0.4 is 19.7 Å². The predicted octanol–water partition coefficient (Wildman–Crippen LogP) is 4.05. The lowest BCUT2D eigenvalue weighted by molar-refractivity contribution is -0.117. The van der Waals surface area contributed by atoms with Gasteiger partial charge in [-0.1, -0.05) is 11.6 Å². The summed E-state index contributed by atoms with van der Waals surface area (Å²) in [5.41, 5.74) is 2.15. The van der Waals surface area contributed by atoms with E-state index in [4.69, 9.17) is 21.1 Å². The number of ether oxygens (including phenoxy) is 2. The molecule has 0 saturated heterocycles. The summed E-state index contributed by atoms with van der Waals surface area (Å²) in [7, 11) is 3.08. The number of nitrogens with one attached hydrogen (secondary N) is 1. The molecule has 2 aromatic rings. The summed E-state index contributed by atoms with van der Waals surface area (Å²) < 4.78 is 10.4. The molecule has 144 valence electrons. The molecule has 0 saturated carbocycles. The van der Waals surface area contributed by atoms with Crippen LogP contribution in [0.25, 0.3) is 0 Å². The van der Waals surface area contributed by atoms with Gasteiger partial charge in [-0.2, -0.15) is 0 Å². The van der Waals surface area contributed by atoms with Gasteiger partial charge in [0.2, 0.25) is 11.8 Å². The molecule has 0 aliphatic rings. The molecule has 0 bridgehead atoms. The average molecular weight is 391 g/mol. The smallest absolute Gasteiger partial charge is 0.226 e. The number of methoxy groups -OCH3 is 2. The molecule has 7 heteroatoms. The zero-order valence-corrected chi connectivity index (χ0v) is 16.6. The van der Waals surface area contributed by atoms with Crippen molar-refractivity contribution in [2.75, 3.05) is 31.0 Å². The van der Waals surface area contributed by atoms with Crippen molar-refractivity contribution in [3.05, 3.63) is 47.0 Å². The fourth-order valence-corrected chi connectivity index (χ4v) is 2.92. The quantitative estimate of drug-likeness (QED) is 0.774. The molecule has 6 nitrogen and oxygen atoms in total. The Kier molecular flexibility index (Phi) is 7.07. The lowest BCUT2D eigenvalue weighted by Gasteiger charge is -2.23. The van der Waals surface area contributed by atoms with E-state index in [1.54, 1.807) is 48.4 Å². The van der Waals surface area contributed by atoms with Gasteiger partial charge in [0.25, 0.3) is 0 Å². The monoisotopic (exact) mass is 390 g/mol. The largest absolute Gasteiger partial charge is 0.497 e. The Balaban J connectivity index is 2.07. The first-order chi connectivity index (χ1) is 12.8. The van der Waals surface area contributed by atoms with Gasteiger partial charge in [0.05, 0.1) is 19.9 Å². The van der Waals surface area contributed by atoms with E-state index in [-0.39, 0.29) is 24.8 Å². The Morgan fingerprint density at radius 2 is 1.85 bits per heavy atom. The van der Waals surface area contributed by atoms with Crippen LogP contribution in [-0.4, -0.2) is 32.6 Å². The SMILES string of the molecule is COc1ccc(NC(=O)CCN(C(C)=O)c2ccc(Cl)cc2C)c(OC)c1. The maximum atomic E-state index is 12.4. The van der Waals surface area contributed by atoms with E-state index in [2.05, 4.69) is 5.32 Å². The topological polar surface area (TPSA) is 67.9 Å². The van der Waals surface area contributed by atoms with Gasteiger partial charge in [0, 0.05) is 36.7 Å². The number of benzene rings is 2. The number of hydrogen-bond acceptors (Lipinski definition) is 4. The minimum Gasteiger partial charge on any atom is -0.497 e. The number of amides is 2. The number of halogens is 1. The summed E-state index contributed by atoms with van der Waals surface area (Å²) in [5.74, 6) is 0.761. The van der Waals surface area contributed by atoms with Crippen LogP contribution in [-0.2, 0) is 9.59 Å². The second-order valence-electron chi connectivity index (χ2n) is 5.97. The van der Waals surface area contributed by atoms with Crippen LogP contribution in [0, 0.1) is 6.92 Å². The molecular weight excluding hydrogens is 368 g/mol. The zero-order chi connectivity index (χ0) is 20.0.